The molecule has 2 rings (SSSR count). The Balaban J connectivity index is 2.26. The van der Waals surface area contributed by atoms with Crippen LogP contribution in [0.1, 0.15) is 81.1 Å². The molecule has 2 heterocycles. The van der Waals surface area contributed by atoms with Gasteiger partial charge in [0, 0.05) is 17.1 Å². The van der Waals surface area contributed by atoms with Crippen molar-refractivity contribution in [2.45, 2.75) is 110 Å². The van der Waals surface area contributed by atoms with Gasteiger partial charge < -0.3 is 15.2 Å². The Morgan fingerprint density at radius 3 is 2.20 bits per heavy atom. The first-order chi connectivity index (χ1) is 11.2. The fraction of sp³-hybridized carbons (Fsp3) is 0.850. The van der Waals surface area contributed by atoms with Crippen molar-refractivity contribution in [2.24, 2.45) is 0 Å². The van der Waals surface area contributed by atoms with Crippen LogP contribution in [0.2, 0.25) is 0 Å². The average molecular weight is 353 g/mol. The molecule has 0 aromatic rings. The highest BCUT2D eigenvalue weighted by molar-refractivity contribution is 5.72. The van der Waals surface area contributed by atoms with Gasteiger partial charge in [-0.05, 0) is 81.1 Å². The molecule has 2 fully saturated rings. The van der Waals surface area contributed by atoms with Crippen molar-refractivity contribution in [3.63, 3.8) is 0 Å². The molecule has 25 heavy (non-hydrogen) atoms. The van der Waals surface area contributed by atoms with Gasteiger partial charge in [-0.15, -0.1) is 0 Å². The van der Waals surface area contributed by atoms with E-state index in [1.165, 1.54) is 5.57 Å². The average Bonchev–Trinajstić information content (AvgIpc) is 2.50. The number of carbonyl (C=O) groups excluding carboxylic acids is 1. The molecule has 2 aliphatic rings. The number of aliphatic hydroxyl groups is 1. The van der Waals surface area contributed by atoms with Crippen LogP contribution >= 0.6 is 0 Å². The highest BCUT2D eigenvalue weighted by atomic mass is 16.6. The quantitative estimate of drug-likeness (QED) is 0.752. The smallest absolute Gasteiger partial charge is 0.413 e. The first-order valence-corrected chi connectivity index (χ1v) is 9.37. The third-order valence-corrected chi connectivity index (χ3v) is 5.69. The predicted molar refractivity (Wildman–Crippen MR) is 100 cm³/mol. The van der Waals surface area contributed by atoms with E-state index in [0.29, 0.717) is 6.42 Å². The SMILES string of the molecule is CC(C)=CCC[C@]1(C)OC(=O)N(C2CC(C)(C)NC(C)(C)C2)[C@]1(C)O. The molecule has 5 heteroatoms. The minimum Gasteiger partial charge on any atom is -0.438 e. The molecule has 0 bridgehead atoms. The maximum absolute atomic E-state index is 12.7. The molecule has 5 nitrogen and oxygen atoms in total. The van der Waals surface area contributed by atoms with Crippen molar-refractivity contribution in [3.8, 4) is 0 Å². The van der Waals surface area contributed by atoms with Gasteiger partial charge in [0.2, 0.25) is 0 Å². The van der Waals surface area contributed by atoms with Gasteiger partial charge in [0.15, 0.2) is 11.3 Å². The number of allylic oxidation sites excluding steroid dienone is 2. The number of nitrogens with zero attached hydrogens (tertiary/aromatic N) is 1. The van der Waals surface area contributed by atoms with Crippen molar-refractivity contribution >= 4 is 6.09 Å². The van der Waals surface area contributed by atoms with Crippen LogP contribution in [0.3, 0.4) is 0 Å². The van der Waals surface area contributed by atoms with Crippen molar-refractivity contribution in [1.29, 1.82) is 0 Å². The molecular weight excluding hydrogens is 316 g/mol. The summed E-state index contributed by atoms with van der Waals surface area (Å²) < 4.78 is 5.74. The van der Waals surface area contributed by atoms with E-state index in [1.807, 2.05) is 20.8 Å². The van der Waals surface area contributed by atoms with Gasteiger partial charge in [-0.1, -0.05) is 11.6 Å². The van der Waals surface area contributed by atoms with E-state index in [4.69, 9.17) is 4.74 Å². The molecule has 0 aromatic heterocycles. The third kappa shape index (κ3) is 4.03. The number of rotatable bonds is 4. The van der Waals surface area contributed by atoms with Crippen LogP contribution in [0.4, 0.5) is 4.79 Å². The third-order valence-electron chi connectivity index (χ3n) is 5.69. The summed E-state index contributed by atoms with van der Waals surface area (Å²) in [6, 6.07) is -0.0565. The van der Waals surface area contributed by atoms with Crippen LogP contribution in [-0.2, 0) is 4.74 Å². The molecule has 0 aromatic carbocycles. The van der Waals surface area contributed by atoms with E-state index < -0.39 is 17.4 Å². The topological polar surface area (TPSA) is 61.8 Å². The van der Waals surface area contributed by atoms with E-state index in [1.54, 1.807) is 11.8 Å². The molecule has 2 saturated heterocycles. The summed E-state index contributed by atoms with van der Waals surface area (Å²) in [5, 5.41) is 15.0. The number of hydrogen-bond donors (Lipinski definition) is 2. The lowest BCUT2D eigenvalue weighted by molar-refractivity contribution is -0.154. The highest BCUT2D eigenvalue weighted by Crippen LogP contribution is 2.45. The van der Waals surface area contributed by atoms with Gasteiger partial charge in [0.1, 0.15) is 0 Å². The van der Waals surface area contributed by atoms with Gasteiger partial charge in [0.25, 0.3) is 0 Å². The van der Waals surface area contributed by atoms with Crippen molar-refractivity contribution in [1.82, 2.24) is 10.2 Å². The zero-order chi connectivity index (χ0) is 19.3. The van der Waals surface area contributed by atoms with Crippen LogP contribution < -0.4 is 5.32 Å². The molecule has 144 valence electrons. The van der Waals surface area contributed by atoms with E-state index in [0.717, 1.165) is 19.3 Å². The number of cyclic esters (lactones) is 1. The Kier molecular flexibility index (Phi) is 5.08. The number of carbonyl (C=O) groups is 1. The molecule has 2 aliphatic heterocycles. The molecule has 0 saturated carbocycles. The normalized spacial score (nSPS) is 34.8. The molecule has 1 amide bonds. The maximum atomic E-state index is 12.7. The largest absolute Gasteiger partial charge is 0.438 e. The van der Waals surface area contributed by atoms with Gasteiger partial charge in [-0.3, -0.25) is 4.90 Å². The number of piperidine rings is 1. The van der Waals surface area contributed by atoms with Crippen molar-refractivity contribution < 1.29 is 14.6 Å². The molecular formula is C20H36N2O3. The molecule has 0 radical (unpaired) electrons. The molecule has 2 N–H and O–H groups in total. The standard InChI is InChI=1S/C20H36N2O3/c1-14(2)10-9-11-19(7)20(8,24)22(16(23)25-19)15-12-17(3,4)21-18(5,6)13-15/h10,15,21,24H,9,11-13H2,1-8H3/t19-,20+/m0/s1. The number of amides is 1. The van der Waals surface area contributed by atoms with E-state index in [-0.39, 0.29) is 17.1 Å². The Bertz CT molecular complexity index is 545. The number of ether oxygens (including phenoxy) is 1. The van der Waals surface area contributed by atoms with Gasteiger partial charge >= 0.3 is 6.09 Å². The van der Waals surface area contributed by atoms with Crippen LogP contribution in [0.15, 0.2) is 11.6 Å². The lowest BCUT2D eigenvalue weighted by Gasteiger charge is -2.51. The van der Waals surface area contributed by atoms with Gasteiger partial charge in [-0.25, -0.2) is 4.79 Å². The van der Waals surface area contributed by atoms with E-state index in [2.05, 4.69) is 39.1 Å². The second-order valence-corrected chi connectivity index (χ2v) is 9.76. The van der Waals surface area contributed by atoms with Gasteiger partial charge in [-0.2, -0.15) is 0 Å². The summed E-state index contributed by atoms with van der Waals surface area (Å²) in [4.78, 5) is 14.3. The summed E-state index contributed by atoms with van der Waals surface area (Å²) in [6.45, 7) is 16.2. The molecule has 0 aliphatic carbocycles. The predicted octanol–water partition coefficient (Wildman–Crippen LogP) is 3.96. The second kappa shape index (κ2) is 6.27. The highest BCUT2D eigenvalue weighted by Gasteiger charge is 2.61. The fourth-order valence-electron chi connectivity index (χ4n) is 4.65. The lowest BCUT2D eigenvalue weighted by Crippen LogP contribution is -2.66. The van der Waals surface area contributed by atoms with E-state index in [9.17, 15) is 9.90 Å². The number of nitrogens with one attached hydrogen (secondary N) is 1. The summed E-state index contributed by atoms with van der Waals surface area (Å²) >= 11 is 0. The zero-order valence-electron chi connectivity index (χ0n) is 17.2. The summed E-state index contributed by atoms with van der Waals surface area (Å²) in [7, 11) is 0. The van der Waals surface area contributed by atoms with Crippen LogP contribution in [0.25, 0.3) is 0 Å². The van der Waals surface area contributed by atoms with Crippen LogP contribution in [0, 0.1) is 0 Å². The zero-order valence-corrected chi connectivity index (χ0v) is 17.2. The van der Waals surface area contributed by atoms with Crippen molar-refractivity contribution in [2.75, 3.05) is 0 Å². The summed E-state index contributed by atoms with van der Waals surface area (Å²) in [6.07, 6.45) is 4.67. The Labute approximate surface area is 152 Å². The maximum Gasteiger partial charge on any atom is 0.413 e. The Morgan fingerprint density at radius 2 is 1.72 bits per heavy atom. The van der Waals surface area contributed by atoms with Crippen LogP contribution in [-0.4, -0.2) is 44.5 Å². The van der Waals surface area contributed by atoms with Crippen LogP contribution in [0.5, 0.6) is 0 Å². The second-order valence-electron chi connectivity index (χ2n) is 9.76. The minimum absolute atomic E-state index is 0.0565. The van der Waals surface area contributed by atoms with Gasteiger partial charge in [0.05, 0.1) is 0 Å². The van der Waals surface area contributed by atoms with Crippen molar-refractivity contribution in [3.05, 3.63) is 11.6 Å². The lowest BCUT2D eigenvalue weighted by atomic mass is 9.77. The Hall–Kier alpha value is -1.07. The molecule has 2 atom stereocenters. The fourth-order valence-corrected chi connectivity index (χ4v) is 4.65. The molecule has 0 unspecified atom stereocenters. The first kappa shape index (κ1) is 20.2. The monoisotopic (exact) mass is 352 g/mol. The summed E-state index contributed by atoms with van der Waals surface area (Å²) in [5.74, 6) is 0. The summed E-state index contributed by atoms with van der Waals surface area (Å²) in [5.41, 5.74) is -1.22. The Morgan fingerprint density at radius 1 is 1.20 bits per heavy atom. The molecule has 0 spiro atoms. The number of hydrogen-bond acceptors (Lipinski definition) is 4. The van der Waals surface area contributed by atoms with E-state index >= 15 is 0 Å². The first-order valence-electron chi connectivity index (χ1n) is 9.37. The minimum atomic E-state index is -1.33.